The van der Waals surface area contributed by atoms with Gasteiger partial charge >= 0.3 is 5.97 Å². The van der Waals surface area contributed by atoms with Crippen LogP contribution >= 0.6 is 0 Å². The Kier molecular flexibility index (Phi) is 7.20. The number of halogens is 2. The van der Waals surface area contributed by atoms with Crippen molar-refractivity contribution in [1.82, 2.24) is 10.6 Å². The molecule has 0 aliphatic rings. The van der Waals surface area contributed by atoms with E-state index in [1.54, 1.807) is 0 Å². The molecule has 28 heavy (non-hydrogen) atoms. The Labute approximate surface area is 157 Å². The average molecular weight is 395 g/mol. The van der Waals surface area contributed by atoms with Crippen LogP contribution in [-0.2, 0) is 19.1 Å². The number of benzene rings is 1. The van der Waals surface area contributed by atoms with Crippen molar-refractivity contribution in [2.24, 2.45) is 0 Å². The molecule has 2 rings (SSSR count). The molecule has 0 spiro atoms. The fourth-order valence-electron chi connectivity index (χ4n) is 1.86. The van der Waals surface area contributed by atoms with E-state index < -0.39 is 55.0 Å². The Bertz CT molecular complexity index is 870. The van der Waals surface area contributed by atoms with E-state index in [4.69, 9.17) is 4.42 Å². The zero-order valence-corrected chi connectivity index (χ0v) is 14.3. The Morgan fingerprint density at radius 1 is 0.964 bits per heavy atom. The standard InChI is InChI=1S/C17H15F2N3O6/c18-11-4-3-10(6-12(11)19)22-15(24)9-28-16(25)8-20-14(23)7-21-17(26)13-2-1-5-27-13/h1-6H,7-9H2,(H,20,23)(H,21,26)(H,22,24). The fraction of sp³-hybridized carbons (Fsp3) is 0.176. The molecule has 0 unspecified atom stereocenters. The fourth-order valence-corrected chi connectivity index (χ4v) is 1.86. The highest BCUT2D eigenvalue weighted by Crippen LogP contribution is 2.12. The molecule has 1 aromatic heterocycles. The topological polar surface area (TPSA) is 127 Å². The van der Waals surface area contributed by atoms with Crippen molar-refractivity contribution in [1.29, 1.82) is 0 Å². The monoisotopic (exact) mass is 395 g/mol. The van der Waals surface area contributed by atoms with Crippen LogP contribution in [0.2, 0.25) is 0 Å². The second-order valence-corrected chi connectivity index (χ2v) is 5.27. The van der Waals surface area contributed by atoms with Gasteiger partial charge in [-0.05, 0) is 24.3 Å². The number of rotatable bonds is 8. The van der Waals surface area contributed by atoms with Gasteiger partial charge in [0.05, 0.1) is 12.8 Å². The quantitative estimate of drug-likeness (QED) is 0.562. The van der Waals surface area contributed by atoms with Gasteiger partial charge in [-0.15, -0.1) is 0 Å². The molecule has 1 aromatic carbocycles. The number of hydrogen-bond donors (Lipinski definition) is 3. The summed E-state index contributed by atoms with van der Waals surface area (Å²) < 4.78 is 35.3. The van der Waals surface area contributed by atoms with Gasteiger partial charge in [0.1, 0.15) is 6.54 Å². The third-order valence-corrected chi connectivity index (χ3v) is 3.15. The molecule has 0 atom stereocenters. The SMILES string of the molecule is O=C(CNC(=O)c1ccco1)NCC(=O)OCC(=O)Nc1ccc(F)c(F)c1. The van der Waals surface area contributed by atoms with Crippen molar-refractivity contribution in [3.05, 3.63) is 54.0 Å². The predicted molar refractivity (Wildman–Crippen MR) is 90.0 cm³/mol. The van der Waals surface area contributed by atoms with E-state index in [2.05, 4.69) is 20.7 Å². The lowest BCUT2D eigenvalue weighted by atomic mass is 10.3. The molecular weight excluding hydrogens is 380 g/mol. The molecular formula is C17H15F2N3O6. The van der Waals surface area contributed by atoms with Gasteiger partial charge in [0.15, 0.2) is 24.0 Å². The minimum absolute atomic E-state index is 0.0134. The lowest BCUT2D eigenvalue weighted by molar-refractivity contribution is -0.147. The van der Waals surface area contributed by atoms with Crippen LogP contribution in [0.3, 0.4) is 0 Å². The maximum absolute atomic E-state index is 13.0. The van der Waals surface area contributed by atoms with Crippen LogP contribution in [0, 0.1) is 11.6 Å². The minimum Gasteiger partial charge on any atom is -0.459 e. The lowest BCUT2D eigenvalue weighted by Gasteiger charge is -2.08. The number of amides is 3. The smallest absolute Gasteiger partial charge is 0.325 e. The summed E-state index contributed by atoms with van der Waals surface area (Å²) in [5.74, 6) is -5.14. The first-order valence-electron chi connectivity index (χ1n) is 7.84. The summed E-state index contributed by atoms with van der Waals surface area (Å²) in [7, 11) is 0. The molecule has 2 aromatic rings. The Hall–Kier alpha value is -3.76. The summed E-state index contributed by atoms with van der Waals surface area (Å²) in [5, 5.41) is 6.67. The normalized spacial score (nSPS) is 10.1. The van der Waals surface area contributed by atoms with Gasteiger partial charge in [-0.2, -0.15) is 0 Å². The highest BCUT2D eigenvalue weighted by molar-refractivity contribution is 5.95. The zero-order chi connectivity index (χ0) is 20.5. The summed E-state index contributed by atoms with van der Waals surface area (Å²) in [4.78, 5) is 46.2. The molecule has 0 radical (unpaired) electrons. The van der Waals surface area contributed by atoms with Crippen LogP contribution in [0.25, 0.3) is 0 Å². The molecule has 11 heteroatoms. The van der Waals surface area contributed by atoms with E-state index in [0.717, 1.165) is 18.2 Å². The van der Waals surface area contributed by atoms with E-state index in [9.17, 15) is 28.0 Å². The molecule has 0 fully saturated rings. The van der Waals surface area contributed by atoms with Crippen molar-refractivity contribution < 1.29 is 37.1 Å². The Morgan fingerprint density at radius 2 is 1.75 bits per heavy atom. The van der Waals surface area contributed by atoms with E-state index in [0.29, 0.717) is 0 Å². The first-order valence-corrected chi connectivity index (χ1v) is 7.84. The van der Waals surface area contributed by atoms with Crippen molar-refractivity contribution in [2.45, 2.75) is 0 Å². The third kappa shape index (κ3) is 6.52. The number of hydrogen-bond acceptors (Lipinski definition) is 6. The molecule has 0 bridgehead atoms. The summed E-state index contributed by atoms with van der Waals surface area (Å²) in [5.41, 5.74) is -0.0134. The lowest BCUT2D eigenvalue weighted by Crippen LogP contribution is -2.39. The number of anilines is 1. The largest absolute Gasteiger partial charge is 0.459 e. The van der Waals surface area contributed by atoms with Crippen LogP contribution < -0.4 is 16.0 Å². The van der Waals surface area contributed by atoms with Gasteiger partial charge in [0.2, 0.25) is 5.91 Å². The van der Waals surface area contributed by atoms with Crippen LogP contribution in [0.4, 0.5) is 14.5 Å². The van der Waals surface area contributed by atoms with E-state index >= 15 is 0 Å². The van der Waals surface area contributed by atoms with Crippen LogP contribution in [0.1, 0.15) is 10.6 Å². The maximum atomic E-state index is 13.0. The van der Waals surface area contributed by atoms with Crippen molar-refractivity contribution in [2.75, 3.05) is 25.0 Å². The predicted octanol–water partition coefficient (Wildman–Crippen LogP) is 0.586. The van der Waals surface area contributed by atoms with Crippen molar-refractivity contribution >= 4 is 29.4 Å². The van der Waals surface area contributed by atoms with Gasteiger partial charge in [-0.3, -0.25) is 19.2 Å². The molecule has 3 amide bonds. The van der Waals surface area contributed by atoms with Gasteiger partial charge in [-0.25, -0.2) is 8.78 Å². The zero-order valence-electron chi connectivity index (χ0n) is 14.3. The van der Waals surface area contributed by atoms with Gasteiger partial charge < -0.3 is 25.1 Å². The van der Waals surface area contributed by atoms with Crippen LogP contribution in [0.5, 0.6) is 0 Å². The maximum Gasteiger partial charge on any atom is 0.325 e. The molecule has 3 N–H and O–H groups in total. The number of carbonyl (C=O) groups is 4. The number of furan rings is 1. The van der Waals surface area contributed by atoms with Gasteiger partial charge in [0.25, 0.3) is 11.8 Å². The molecule has 0 aliphatic carbocycles. The summed E-state index contributed by atoms with van der Waals surface area (Å²) in [6.45, 7) is -1.62. The minimum atomic E-state index is -1.14. The third-order valence-electron chi connectivity index (χ3n) is 3.15. The van der Waals surface area contributed by atoms with Crippen LogP contribution in [0.15, 0.2) is 41.0 Å². The summed E-state index contributed by atoms with van der Waals surface area (Å²) in [6.07, 6.45) is 1.30. The molecule has 0 saturated heterocycles. The molecule has 148 valence electrons. The van der Waals surface area contributed by atoms with Crippen molar-refractivity contribution in [3.8, 4) is 0 Å². The molecule has 1 heterocycles. The van der Waals surface area contributed by atoms with Crippen LogP contribution in [-0.4, -0.2) is 43.4 Å². The van der Waals surface area contributed by atoms with E-state index in [1.807, 2.05) is 0 Å². The first-order chi connectivity index (χ1) is 13.3. The number of esters is 1. The Morgan fingerprint density at radius 3 is 2.43 bits per heavy atom. The van der Waals surface area contributed by atoms with E-state index in [1.165, 1.54) is 18.4 Å². The van der Waals surface area contributed by atoms with Gasteiger partial charge in [-0.1, -0.05) is 0 Å². The van der Waals surface area contributed by atoms with Crippen molar-refractivity contribution in [3.63, 3.8) is 0 Å². The number of nitrogens with one attached hydrogen (secondary N) is 3. The number of carbonyl (C=O) groups excluding carboxylic acids is 4. The van der Waals surface area contributed by atoms with Gasteiger partial charge in [0, 0.05) is 11.8 Å². The highest BCUT2D eigenvalue weighted by atomic mass is 19.2. The number of ether oxygens (including phenoxy) is 1. The summed E-state index contributed by atoms with van der Waals surface area (Å²) in [6, 6.07) is 5.66. The average Bonchev–Trinajstić information content (AvgIpc) is 3.20. The second kappa shape index (κ2) is 9.80. The molecule has 0 aliphatic heterocycles. The van der Waals surface area contributed by atoms with E-state index in [-0.39, 0.29) is 11.4 Å². The molecule has 0 saturated carbocycles. The Balaban J connectivity index is 1.63. The second-order valence-electron chi connectivity index (χ2n) is 5.27. The first kappa shape index (κ1) is 20.6. The highest BCUT2D eigenvalue weighted by Gasteiger charge is 2.13. The molecule has 9 nitrogen and oxygen atoms in total. The summed E-state index contributed by atoms with van der Waals surface area (Å²) >= 11 is 0.